The number of piperidine rings is 1. The number of fused-ring (bicyclic) bond motifs is 1. The number of hydrogen-bond acceptors (Lipinski definition) is 4. The van der Waals surface area contributed by atoms with Crippen LogP contribution in [0.15, 0.2) is 18.3 Å². The highest BCUT2D eigenvalue weighted by molar-refractivity contribution is 5.95. The van der Waals surface area contributed by atoms with Crippen LogP contribution in [0.1, 0.15) is 29.0 Å². The Morgan fingerprint density at radius 2 is 2.04 bits per heavy atom. The van der Waals surface area contributed by atoms with Crippen molar-refractivity contribution in [3.8, 4) is 5.75 Å². The monoisotopic (exact) mass is 316 g/mol. The van der Waals surface area contributed by atoms with Crippen molar-refractivity contribution in [1.29, 1.82) is 0 Å². The number of aromatic nitrogens is 2. The summed E-state index contributed by atoms with van der Waals surface area (Å²) in [6.45, 7) is 2.88. The van der Waals surface area contributed by atoms with Gasteiger partial charge in [-0.1, -0.05) is 0 Å². The molecule has 1 saturated heterocycles. The molecule has 0 aromatic carbocycles. The zero-order valence-electron chi connectivity index (χ0n) is 13.3. The minimum absolute atomic E-state index is 0.0776. The summed E-state index contributed by atoms with van der Waals surface area (Å²) in [6, 6.07) is 3.64. The van der Waals surface area contributed by atoms with Gasteiger partial charge in [-0.2, -0.15) is 0 Å². The molecule has 7 heteroatoms. The first kappa shape index (κ1) is 15.3. The molecule has 2 aromatic heterocycles. The number of hydrogen-bond donors (Lipinski definition) is 1. The van der Waals surface area contributed by atoms with Crippen LogP contribution in [-0.4, -0.2) is 46.3 Å². The molecule has 2 aromatic rings. The maximum absolute atomic E-state index is 12.9. The lowest BCUT2D eigenvalue weighted by Gasteiger charge is -2.30. The number of likely N-dealkylation sites (tertiary alicyclic amines) is 1. The second kappa shape index (κ2) is 5.91. The number of imidazole rings is 1. The minimum Gasteiger partial charge on any atom is -0.493 e. The van der Waals surface area contributed by atoms with Crippen LogP contribution in [0, 0.1) is 12.8 Å². The van der Waals surface area contributed by atoms with E-state index in [4.69, 9.17) is 10.5 Å². The number of ether oxygens (including phenoxy) is 1. The van der Waals surface area contributed by atoms with Gasteiger partial charge in [0.25, 0.3) is 5.91 Å². The molecule has 0 saturated carbocycles. The van der Waals surface area contributed by atoms with E-state index in [1.807, 2.05) is 19.1 Å². The number of rotatable bonds is 3. The second-order valence-corrected chi connectivity index (χ2v) is 5.78. The van der Waals surface area contributed by atoms with Crippen LogP contribution in [0.5, 0.6) is 5.75 Å². The standard InChI is InChI=1S/C16H20N4O3/c1-10-13(20-7-3-4-12(23-2)15(20)18-10)16(22)19-8-5-11(6-9-19)14(17)21/h3-4,7,11H,5-6,8-9H2,1-2H3,(H2,17,21). The van der Waals surface area contributed by atoms with E-state index in [0.717, 1.165) is 0 Å². The summed E-state index contributed by atoms with van der Waals surface area (Å²) >= 11 is 0. The lowest BCUT2D eigenvalue weighted by molar-refractivity contribution is -0.123. The van der Waals surface area contributed by atoms with Crippen molar-refractivity contribution in [1.82, 2.24) is 14.3 Å². The molecule has 23 heavy (non-hydrogen) atoms. The van der Waals surface area contributed by atoms with Gasteiger partial charge >= 0.3 is 0 Å². The normalized spacial score (nSPS) is 15.8. The lowest BCUT2D eigenvalue weighted by atomic mass is 9.96. The van der Waals surface area contributed by atoms with Crippen molar-refractivity contribution in [3.63, 3.8) is 0 Å². The van der Waals surface area contributed by atoms with Gasteiger partial charge in [0.1, 0.15) is 5.69 Å². The fourth-order valence-electron chi connectivity index (χ4n) is 3.09. The fourth-order valence-corrected chi connectivity index (χ4v) is 3.09. The molecule has 1 aliphatic rings. The van der Waals surface area contributed by atoms with Gasteiger partial charge in [-0.15, -0.1) is 0 Å². The van der Waals surface area contributed by atoms with E-state index in [2.05, 4.69) is 4.98 Å². The maximum atomic E-state index is 12.9. The zero-order chi connectivity index (χ0) is 16.6. The number of nitrogens with two attached hydrogens (primary N) is 1. The van der Waals surface area contributed by atoms with Crippen LogP contribution in [-0.2, 0) is 4.79 Å². The molecule has 0 unspecified atom stereocenters. The maximum Gasteiger partial charge on any atom is 0.272 e. The molecule has 0 atom stereocenters. The average molecular weight is 316 g/mol. The van der Waals surface area contributed by atoms with E-state index < -0.39 is 0 Å². The van der Waals surface area contributed by atoms with E-state index in [1.165, 1.54) is 0 Å². The summed E-state index contributed by atoms with van der Waals surface area (Å²) in [5, 5.41) is 0. The Bertz CT molecular complexity index is 760. The Balaban J connectivity index is 1.90. The molecule has 2 amide bonds. The number of amides is 2. The van der Waals surface area contributed by atoms with Crippen molar-refractivity contribution < 1.29 is 14.3 Å². The Kier molecular flexibility index (Phi) is 3.94. The van der Waals surface area contributed by atoms with Gasteiger partial charge < -0.3 is 15.4 Å². The highest BCUT2D eigenvalue weighted by atomic mass is 16.5. The number of nitrogens with zero attached hydrogens (tertiary/aromatic N) is 3. The van der Waals surface area contributed by atoms with Gasteiger partial charge in [-0.25, -0.2) is 4.98 Å². The molecule has 0 aliphatic carbocycles. The Labute approximate surface area is 134 Å². The molecule has 122 valence electrons. The predicted molar refractivity (Wildman–Crippen MR) is 84.3 cm³/mol. The van der Waals surface area contributed by atoms with Crippen LogP contribution >= 0.6 is 0 Å². The molecule has 0 radical (unpaired) electrons. The Morgan fingerprint density at radius 3 is 2.65 bits per heavy atom. The molecular weight excluding hydrogens is 296 g/mol. The van der Waals surface area contributed by atoms with E-state index >= 15 is 0 Å². The molecule has 1 aliphatic heterocycles. The van der Waals surface area contributed by atoms with Crippen molar-refractivity contribution in [3.05, 3.63) is 29.7 Å². The third kappa shape index (κ3) is 2.62. The van der Waals surface area contributed by atoms with E-state index in [0.29, 0.717) is 48.7 Å². The third-order valence-electron chi connectivity index (χ3n) is 4.40. The van der Waals surface area contributed by atoms with Crippen LogP contribution in [0.2, 0.25) is 0 Å². The summed E-state index contributed by atoms with van der Waals surface area (Å²) in [5.41, 5.74) is 7.17. The first-order valence-corrected chi connectivity index (χ1v) is 7.63. The average Bonchev–Trinajstić information content (AvgIpc) is 2.90. The molecule has 0 bridgehead atoms. The molecule has 2 N–H and O–H groups in total. The van der Waals surface area contributed by atoms with Crippen LogP contribution in [0.3, 0.4) is 0 Å². The van der Waals surface area contributed by atoms with Crippen molar-refractivity contribution in [2.75, 3.05) is 20.2 Å². The quantitative estimate of drug-likeness (QED) is 0.914. The van der Waals surface area contributed by atoms with Crippen LogP contribution < -0.4 is 10.5 Å². The van der Waals surface area contributed by atoms with E-state index in [9.17, 15) is 9.59 Å². The first-order chi connectivity index (χ1) is 11.0. The van der Waals surface area contributed by atoms with Gasteiger partial charge in [-0.05, 0) is 31.9 Å². The van der Waals surface area contributed by atoms with E-state index in [-0.39, 0.29) is 17.7 Å². The number of carbonyl (C=O) groups is 2. The second-order valence-electron chi connectivity index (χ2n) is 5.78. The highest BCUT2D eigenvalue weighted by Gasteiger charge is 2.29. The van der Waals surface area contributed by atoms with Gasteiger partial charge in [-0.3, -0.25) is 14.0 Å². The third-order valence-corrected chi connectivity index (χ3v) is 4.40. The number of aryl methyl sites for hydroxylation is 1. The number of pyridine rings is 1. The van der Waals surface area contributed by atoms with Crippen LogP contribution in [0.4, 0.5) is 0 Å². The van der Waals surface area contributed by atoms with Gasteiger partial charge in [0.05, 0.1) is 12.8 Å². The van der Waals surface area contributed by atoms with Gasteiger partial charge in [0, 0.05) is 25.2 Å². The number of primary amides is 1. The molecule has 3 heterocycles. The highest BCUT2D eigenvalue weighted by Crippen LogP contribution is 2.24. The Hall–Kier alpha value is -2.57. The SMILES string of the molecule is COc1cccn2c(C(=O)N3CCC(C(N)=O)CC3)c(C)nc12. The number of methoxy groups -OCH3 is 1. The Morgan fingerprint density at radius 1 is 1.35 bits per heavy atom. The largest absolute Gasteiger partial charge is 0.493 e. The topological polar surface area (TPSA) is 89.9 Å². The summed E-state index contributed by atoms with van der Waals surface area (Å²) in [7, 11) is 1.58. The van der Waals surface area contributed by atoms with Gasteiger partial charge in [0.15, 0.2) is 11.4 Å². The van der Waals surface area contributed by atoms with Crippen LogP contribution in [0.25, 0.3) is 5.65 Å². The molecule has 1 fully saturated rings. The summed E-state index contributed by atoms with van der Waals surface area (Å²) < 4.78 is 7.06. The lowest BCUT2D eigenvalue weighted by Crippen LogP contribution is -2.42. The smallest absolute Gasteiger partial charge is 0.272 e. The minimum atomic E-state index is -0.284. The summed E-state index contributed by atoms with van der Waals surface area (Å²) in [6.07, 6.45) is 3.03. The summed E-state index contributed by atoms with van der Waals surface area (Å²) in [5.74, 6) is 0.128. The molecule has 7 nitrogen and oxygen atoms in total. The first-order valence-electron chi connectivity index (χ1n) is 7.63. The molecule has 3 rings (SSSR count). The fraction of sp³-hybridized carbons (Fsp3) is 0.438. The van der Waals surface area contributed by atoms with Crippen molar-refractivity contribution in [2.45, 2.75) is 19.8 Å². The van der Waals surface area contributed by atoms with Crippen molar-refractivity contribution in [2.24, 2.45) is 11.7 Å². The zero-order valence-corrected chi connectivity index (χ0v) is 13.3. The molecule has 0 spiro atoms. The van der Waals surface area contributed by atoms with E-state index in [1.54, 1.807) is 22.6 Å². The number of carbonyl (C=O) groups excluding carboxylic acids is 2. The summed E-state index contributed by atoms with van der Waals surface area (Å²) in [4.78, 5) is 30.3. The molecular formula is C16H20N4O3. The van der Waals surface area contributed by atoms with Crippen molar-refractivity contribution >= 4 is 17.5 Å². The van der Waals surface area contributed by atoms with Gasteiger partial charge in [0.2, 0.25) is 5.91 Å². The predicted octanol–water partition coefficient (Wildman–Crippen LogP) is 0.989.